The molecule has 9 heteroatoms. The van der Waals surface area contributed by atoms with E-state index in [0.29, 0.717) is 26.8 Å². The molecule has 1 N–H and O–H groups in total. The maximum Gasteiger partial charge on any atom is 0.262 e. The molecule has 0 aliphatic rings. The van der Waals surface area contributed by atoms with Gasteiger partial charge >= 0.3 is 0 Å². The smallest absolute Gasteiger partial charge is 0.262 e. The quantitative estimate of drug-likeness (QED) is 0.349. The van der Waals surface area contributed by atoms with E-state index in [2.05, 4.69) is 10.3 Å². The van der Waals surface area contributed by atoms with Crippen molar-refractivity contribution in [3.05, 3.63) is 87.8 Å². The number of benzene rings is 2. The number of hydrogen-bond acceptors (Lipinski definition) is 5. The topological polar surface area (TPSA) is 77.1 Å². The molecule has 0 saturated carbocycles. The van der Waals surface area contributed by atoms with Gasteiger partial charge in [0.25, 0.3) is 5.56 Å². The first-order valence-electron chi connectivity index (χ1n) is 8.91. The van der Waals surface area contributed by atoms with Crippen LogP contribution in [0, 0.1) is 5.82 Å². The van der Waals surface area contributed by atoms with Gasteiger partial charge in [-0.1, -0.05) is 35.5 Å². The summed E-state index contributed by atoms with van der Waals surface area (Å²) in [5.74, 6) is -0.527. The van der Waals surface area contributed by atoms with Gasteiger partial charge in [0, 0.05) is 5.02 Å². The first-order chi connectivity index (χ1) is 14.5. The lowest BCUT2D eigenvalue weighted by molar-refractivity contribution is -0.113. The second-order valence-electron chi connectivity index (χ2n) is 6.34. The molecule has 0 saturated heterocycles. The van der Waals surface area contributed by atoms with E-state index in [1.165, 1.54) is 29.0 Å². The highest BCUT2D eigenvalue weighted by Gasteiger charge is 2.15. The predicted molar refractivity (Wildman–Crippen MR) is 115 cm³/mol. The highest BCUT2D eigenvalue weighted by molar-refractivity contribution is 7.99. The van der Waals surface area contributed by atoms with Crippen LogP contribution in [0.5, 0.6) is 0 Å². The number of carbonyl (C=O) groups is 1. The number of nitrogens with zero attached hydrogens (tertiary/aromatic N) is 2. The lowest BCUT2D eigenvalue weighted by Gasteiger charge is -2.12. The Balaban J connectivity index is 1.60. The predicted octanol–water partition coefficient (Wildman–Crippen LogP) is 4.56. The Morgan fingerprint density at radius 1 is 1.20 bits per heavy atom. The number of fused-ring (bicyclic) bond motifs is 1. The molecule has 0 aliphatic heterocycles. The van der Waals surface area contributed by atoms with Crippen molar-refractivity contribution in [1.29, 1.82) is 0 Å². The van der Waals surface area contributed by atoms with E-state index in [9.17, 15) is 14.0 Å². The van der Waals surface area contributed by atoms with Gasteiger partial charge in [-0.15, -0.1) is 0 Å². The van der Waals surface area contributed by atoms with Crippen LogP contribution in [0.4, 0.5) is 10.1 Å². The summed E-state index contributed by atoms with van der Waals surface area (Å²) >= 11 is 6.93. The molecule has 6 nitrogen and oxygen atoms in total. The highest BCUT2D eigenvalue weighted by Crippen LogP contribution is 2.22. The summed E-state index contributed by atoms with van der Waals surface area (Å²) in [7, 11) is 0. The molecule has 4 rings (SSSR count). The van der Waals surface area contributed by atoms with E-state index in [4.69, 9.17) is 16.0 Å². The highest BCUT2D eigenvalue weighted by atomic mass is 35.5. The van der Waals surface area contributed by atoms with Crippen LogP contribution in [0.15, 0.2) is 75.2 Å². The van der Waals surface area contributed by atoms with E-state index in [1.54, 1.807) is 36.4 Å². The van der Waals surface area contributed by atoms with Crippen molar-refractivity contribution in [1.82, 2.24) is 9.55 Å². The number of nitrogens with one attached hydrogen (secondary N) is 1. The summed E-state index contributed by atoms with van der Waals surface area (Å²) in [5, 5.41) is 3.62. The lowest BCUT2D eigenvalue weighted by Crippen LogP contribution is -2.24. The van der Waals surface area contributed by atoms with Gasteiger partial charge < -0.3 is 9.73 Å². The minimum Gasteiger partial charge on any atom is -0.467 e. The van der Waals surface area contributed by atoms with Crippen molar-refractivity contribution in [2.75, 3.05) is 11.1 Å². The van der Waals surface area contributed by atoms with Crippen LogP contribution in [-0.4, -0.2) is 21.2 Å². The van der Waals surface area contributed by atoms with Gasteiger partial charge in [-0.25, -0.2) is 9.37 Å². The van der Waals surface area contributed by atoms with Gasteiger partial charge in [0.2, 0.25) is 5.91 Å². The Hall–Kier alpha value is -3.10. The van der Waals surface area contributed by atoms with Crippen molar-refractivity contribution in [2.45, 2.75) is 11.7 Å². The van der Waals surface area contributed by atoms with Gasteiger partial charge in [0.05, 0.1) is 35.2 Å². The van der Waals surface area contributed by atoms with Gasteiger partial charge in [-0.2, -0.15) is 0 Å². The molecular formula is C21H15ClFN3O3S. The molecule has 0 aliphatic carbocycles. The zero-order valence-corrected chi connectivity index (χ0v) is 17.0. The van der Waals surface area contributed by atoms with E-state index in [0.717, 1.165) is 11.8 Å². The number of para-hydroxylation sites is 1. The van der Waals surface area contributed by atoms with Crippen LogP contribution >= 0.6 is 23.4 Å². The van der Waals surface area contributed by atoms with E-state index in [1.807, 2.05) is 0 Å². The zero-order valence-electron chi connectivity index (χ0n) is 15.5. The number of carbonyl (C=O) groups excluding carboxylic acids is 1. The molecule has 0 unspecified atom stereocenters. The molecule has 0 spiro atoms. The van der Waals surface area contributed by atoms with E-state index < -0.39 is 11.7 Å². The van der Waals surface area contributed by atoms with Crippen molar-refractivity contribution >= 4 is 45.9 Å². The Kier molecular flexibility index (Phi) is 5.87. The Morgan fingerprint density at radius 2 is 2.03 bits per heavy atom. The number of halogens is 2. The second kappa shape index (κ2) is 8.73. The molecule has 0 bridgehead atoms. The average molecular weight is 444 g/mol. The summed E-state index contributed by atoms with van der Waals surface area (Å²) in [5.41, 5.74) is 0.287. The molecular weight excluding hydrogens is 429 g/mol. The lowest BCUT2D eigenvalue weighted by atomic mass is 10.2. The third-order valence-corrected chi connectivity index (χ3v) is 5.47. The Bertz CT molecular complexity index is 1270. The van der Waals surface area contributed by atoms with Crippen LogP contribution in [-0.2, 0) is 11.3 Å². The summed E-state index contributed by atoms with van der Waals surface area (Å²) in [6, 6.07) is 14.4. The molecule has 1 amide bonds. The maximum absolute atomic E-state index is 13.8. The molecule has 2 aromatic carbocycles. The molecule has 0 radical (unpaired) electrons. The first-order valence-corrected chi connectivity index (χ1v) is 10.3. The fourth-order valence-electron chi connectivity index (χ4n) is 2.87. The zero-order chi connectivity index (χ0) is 21.1. The van der Waals surface area contributed by atoms with Gasteiger partial charge in [0.15, 0.2) is 5.16 Å². The van der Waals surface area contributed by atoms with Crippen LogP contribution in [0.25, 0.3) is 10.9 Å². The third-order valence-electron chi connectivity index (χ3n) is 4.26. The summed E-state index contributed by atoms with van der Waals surface area (Å²) < 4.78 is 20.7. The van der Waals surface area contributed by atoms with Gasteiger partial charge in [-0.05, 0) is 42.5 Å². The van der Waals surface area contributed by atoms with Crippen LogP contribution < -0.4 is 10.9 Å². The van der Waals surface area contributed by atoms with Gasteiger partial charge in [-0.3, -0.25) is 14.2 Å². The largest absolute Gasteiger partial charge is 0.467 e. The van der Waals surface area contributed by atoms with Crippen LogP contribution in [0.3, 0.4) is 0 Å². The Morgan fingerprint density at radius 3 is 2.83 bits per heavy atom. The number of aromatic nitrogens is 2. The number of thioether (sulfide) groups is 1. The second-order valence-corrected chi connectivity index (χ2v) is 7.72. The fraction of sp³-hybridized carbons (Fsp3) is 0.0952. The number of amides is 1. The fourth-order valence-corrected chi connectivity index (χ4v) is 3.84. The normalized spacial score (nSPS) is 11.0. The number of hydrogen-bond donors (Lipinski definition) is 1. The third kappa shape index (κ3) is 4.39. The van der Waals surface area contributed by atoms with Crippen LogP contribution in [0.1, 0.15) is 5.76 Å². The molecule has 2 aromatic heterocycles. The maximum atomic E-state index is 13.8. The van der Waals surface area contributed by atoms with Gasteiger partial charge in [0.1, 0.15) is 11.6 Å². The molecule has 0 atom stereocenters. The molecule has 4 aromatic rings. The van der Waals surface area contributed by atoms with E-state index in [-0.39, 0.29) is 23.5 Å². The summed E-state index contributed by atoms with van der Waals surface area (Å²) in [6.45, 7) is 0.177. The van der Waals surface area contributed by atoms with Crippen molar-refractivity contribution in [2.24, 2.45) is 0 Å². The minimum atomic E-state index is -0.587. The number of anilines is 1. The SMILES string of the molecule is O=C(CSc1nc2ccccc2c(=O)n1Cc1ccco1)Nc1cc(Cl)ccc1F. The standard InChI is InChI=1S/C21H15ClFN3O3S/c22-13-7-8-16(23)18(10-13)24-19(27)12-30-21-25-17-6-2-1-5-15(17)20(28)26(21)11-14-4-3-9-29-14/h1-10H,11-12H2,(H,24,27). The number of rotatable bonds is 6. The first kappa shape index (κ1) is 20.2. The molecule has 0 fully saturated rings. The van der Waals surface area contributed by atoms with Crippen molar-refractivity contribution in [3.63, 3.8) is 0 Å². The monoisotopic (exact) mass is 443 g/mol. The van der Waals surface area contributed by atoms with Crippen LogP contribution in [0.2, 0.25) is 5.02 Å². The van der Waals surface area contributed by atoms with Crippen molar-refractivity contribution in [3.8, 4) is 0 Å². The van der Waals surface area contributed by atoms with Crippen molar-refractivity contribution < 1.29 is 13.6 Å². The summed E-state index contributed by atoms with van der Waals surface area (Å²) in [6.07, 6.45) is 1.52. The molecule has 2 heterocycles. The molecule has 30 heavy (non-hydrogen) atoms. The Labute approximate surface area is 179 Å². The summed E-state index contributed by atoms with van der Waals surface area (Å²) in [4.78, 5) is 29.9. The minimum absolute atomic E-state index is 0.00690. The molecule has 152 valence electrons. The number of furan rings is 1. The average Bonchev–Trinajstić information content (AvgIpc) is 3.25. The van der Waals surface area contributed by atoms with E-state index >= 15 is 0 Å².